The number of benzene rings is 5. The Hall–Kier alpha value is -14.8. The molecule has 150 heavy (non-hydrogen) atoms. The van der Waals surface area contributed by atoms with Crippen molar-refractivity contribution in [3.05, 3.63) is 195 Å². The lowest BCUT2D eigenvalue weighted by Crippen LogP contribution is -2.41. The van der Waals surface area contributed by atoms with Crippen LogP contribution in [0.5, 0.6) is 0 Å². The Morgan fingerprint density at radius 3 is 1.25 bits per heavy atom. The predicted octanol–water partition coefficient (Wildman–Crippen LogP) is 15.5. The van der Waals surface area contributed by atoms with Crippen LogP contribution in [0.2, 0.25) is 0 Å². The molecule has 7 amide bonds. The summed E-state index contributed by atoms with van der Waals surface area (Å²) in [5.41, 5.74) is 0.204. The molecule has 11 aromatic rings. The van der Waals surface area contributed by atoms with Crippen LogP contribution >= 0.6 is 43.5 Å². The third-order valence-corrected chi connectivity index (χ3v) is 22.4. The number of hydrogen-bond donors (Lipinski definition) is 5. The lowest BCUT2D eigenvalue weighted by molar-refractivity contribution is -0.141. The fourth-order valence-corrected chi connectivity index (χ4v) is 13.6. The molecule has 804 valence electrons. The van der Waals surface area contributed by atoms with Gasteiger partial charge in [0.05, 0.1) is 123 Å². The van der Waals surface area contributed by atoms with Gasteiger partial charge in [-0.3, -0.25) is 44.6 Å². The van der Waals surface area contributed by atoms with E-state index in [0.717, 1.165) is 25.7 Å². The van der Waals surface area contributed by atoms with E-state index in [1.165, 1.54) is 96.5 Å². The molecule has 4 atom stereocenters. The van der Waals surface area contributed by atoms with Crippen LogP contribution in [-0.2, 0) is 89.3 Å². The summed E-state index contributed by atoms with van der Waals surface area (Å²) in [6, 6.07) is 29.4. The molecule has 0 radical (unpaired) electrons. The van der Waals surface area contributed by atoms with E-state index >= 15 is 0 Å². The second-order valence-electron chi connectivity index (χ2n) is 36.5. The molecule has 4 saturated heterocycles. The number of aromatic nitrogens is 15. The average molecular weight is 2250 g/mol. The molecule has 43 nitrogen and oxygen atoms in total. The van der Waals surface area contributed by atoms with Crippen molar-refractivity contribution in [3.63, 3.8) is 0 Å². The maximum absolute atomic E-state index is 15.0. The molecule has 4 aliphatic heterocycles. The summed E-state index contributed by atoms with van der Waals surface area (Å²) in [4.78, 5) is 123. The molecular formula is C95H108BBr2ClF8N22O21. The number of aryl methyl sites for hydroxylation is 3. The van der Waals surface area contributed by atoms with Crippen molar-refractivity contribution >= 4 is 133 Å². The van der Waals surface area contributed by atoms with Gasteiger partial charge in [-0.2, -0.15) is 14.4 Å². The SMILES string of the molecule is CC(C)(C)OC(=O)NC[C@H](O)CCl.CC(C)(C)OC(=O)NC[C@H]1CN(c2ccc(Br)c(F)c2F)C(=O)O1.COC(=O)CC[C@H]1CN(c2ccc(-c3ccc(-c4nnn(C)n4)nc3)c(F)c2F)C(=O)O1.COC(C)=O.Cn1nnc(-c2ccc(-c3ccc(N4C[C@H](CNC(=O)OC(C)(C)C)OC4=O)c(F)c3F)cn2)n1.Cn1nnc(-c2ccc(B3OC(C)(C)C(C)(C)O3)cn2)n1.O=C(Nc1ccc(Br)c(F)c1F)OCc1ccccc1. The van der Waals surface area contributed by atoms with Crippen LogP contribution in [0.25, 0.3) is 56.8 Å². The number of nitrogens with zero attached hydrogens (tertiary/aromatic N) is 18. The number of nitrogens with one attached hydrogen (secondary N) is 4. The van der Waals surface area contributed by atoms with Gasteiger partial charge in [0.15, 0.2) is 46.5 Å². The van der Waals surface area contributed by atoms with Crippen LogP contribution in [0, 0.1) is 46.5 Å². The summed E-state index contributed by atoms with van der Waals surface area (Å²) in [6.07, 6.45) is -3.29. The van der Waals surface area contributed by atoms with Gasteiger partial charge in [-0.15, -0.1) is 42.2 Å². The molecule has 0 saturated carbocycles. The number of carbonyl (C=O) groups is 9. The van der Waals surface area contributed by atoms with E-state index in [1.807, 2.05) is 45.9 Å². The third-order valence-electron chi connectivity index (χ3n) is 20.8. The van der Waals surface area contributed by atoms with Crippen molar-refractivity contribution in [3.8, 4) is 56.8 Å². The van der Waals surface area contributed by atoms with Gasteiger partial charge in [0.25, 0.3) is 0 Å². The number of aliphatic hydroxyl groups excluding tert-OH is 1. The van der Waals surface area contributed by atoms with Crippen LogP contribution in [0.4, 0.5) is 91.4 Å². The molecule has 4 aliphatic rings. The monoisotopic (exact) mass is 2250 g/mol. The first kappa shape index (κ1) is 119. The highest BCUT2D eigenvalue weighted by atomic mass is 79.9. The van der Waals surface area contributed by atoms with Crippen LogP contribution in [0.15, 0.2) is 143 Å². The van der Waals surface area contributed by atoms with Crippen LogP contribution < -0.4 is 41.4 Å². The molecule has 5 N–H and O–H groups in total. The lowest BCUT2D eigenvalue weighted by Gasteiger charge is -2.32. The van der Waals surface area contributed by atoms with Gasteiger partial charge in [-0.25, -0.2) is 68.7 Å². The molecule has 4 fully saturated rings. The summed E-state index contributed by atoms with van der Waals surface area (Å²) in [7, 11) is 7.14. The number of carbonyl (C=O) groups excluding carboxylic acids is 9. The smallest absolute Gasteiger partial charge is 0.469 e. The van der Waals surface area contributed by atoms with Gasteiger partial charge in [0, 0.05) is 66.2 Å². The van der Waals surface area contributed by atoms with E-state index in [-0.39, 0.29) is 125 Å². The van der Waals surface area contributed by atoms with Crippen molar-refractivity contribution in [1.82, 2.24) is 91.5 Å². The molecule has 55 heteroatoms. The number of rotatable bonds is 22. The first-order valence-corrected chi connectivity index (χ1v) is 47.5. The van der Waals surface area contributed by atoms with Crippen molar-refractivity contribution in [2.24, 2.45) is 21.1 Å². The summed E-state index contributed by atoms with van der Waals surface area (Å²) in [5.74, 6) is -8.61. The number of alkyl carbamates (subject to hydrolysis) is 3. The average Bonchev–Trinajstić information content (AvgIpc) is 1.61. The number of hydrogen-bond acceptors (Lipinski definition) is 33. The maximum Gasteiger partial charge on any atom is 0.496 e. The van der Waals surface area contributed by atoms with E-state index in [1.54, 1.807) is 138 Å². The Morgan fingerprint density at radius 2 is 0.873 bits per heavy atom. The molecule has 5 aromatic carbocycles. The highest BCUT2D eigenvalue weighted by Gasteiger charge is 2.52. The van der Waals surface area contributed by atoms with E-state index in [9.17, 15) is 78.3 Å². The van der Waals surface area contributed by atoms with Crippen LogP contribution in [0.1, 0.15) is 115 Å². The second-order valence-corrected chi connectivity index (χ2v) is 38.5. The molecular weight excluding hydrogens is 2140 g/mol. The number of tetrazole rings is 3. The van der Waals surface area contributed by atoms with Gasteiger partial charge in [-0.1, -0.05) is 48.5 Å². The van der Waals surface area contributed by atoms with E-state index in [2.05, 4.69) is 124 Å². The zero-order valence-corrected chi connectivity index (χ0v) is 88.4. The Bertz CT molecular complexity index is 6530. The Kier molecular flexibility index (Phi) is 41.9. The second kappa shape index (κ2) is 52.9. The molecule has 0 aliphatic carbocycles. The molecule has 6 aromatic heterocycles. The first-order chi connectivity index (χ1) is 70.4. The fourth-order valence-electron chi connectivity index (χ4n) is 12.8. The quantitative estimate of drug-likeness (QED) is 0.0105. The number of alkyl halides is 1. The highest BCUT2D eigenvalue weighted by Crippen LogP contribution is 2.40. The van der Waals surface area contributed by atoms with Gasteiger partial charge >= 0.3 is 61.7 Å². The molecule has 15 rings (SSSR count). The highest BCUT2D eigenvalue weighted by molar-refractivity contribution is 9.10. The Labute approximate surface area is 876 Å². The van der Waals surface area contributed by atoms with E-state index < -0.39 is 143 Å². The predicted molar refractivity (Wildman–Crippen MR) is 532 cm³/mol. The number of cyclic esters (lactones) is 3. The number of halogens is 11. The van der Waals surface area contributed by atoms with Crippen molar-refractivity contribution < 1.29 is 135 Å². The Morgan fingerprint density at radius 1 is 0.493 bits per heavy atom. The first-order valence-electron chi connectivity index (χ1n) is 45.3. The zero-order valence-electron chi connectivity index (χ0n) is 84.5. The van der Waals surface area contributed by atoms with Gasteiger partial charge in [0.1, 0.15) is 58.8 Å². The van der Waals surface area contributed by atoms with E-state index in [0.29, 0.717) is 45.7 Å². The van der Waals surface area contributed by atoms with Gasteiger partial charge in [-0.05, 0) is 216 Å². The number of anilines is 4. The fraction of sp³-hybridized carbons (Fsp3) is 0.400. The van der Waals surface area contributed by atoms with Crippen LogP contribution in [-0.4, -0.2) is 254 Å². The minimum atomic E-state index is -1.21. The summed E-state index contributed by atoms with van der Waals surface area (Å²) in [6.45, 7) is 25.1. The minimum absolute atomic E-state index is 0.00220. The van der Waals surface area contributed by atoms with Gasteiger partial charge in [0.2, 0.25) is 17.5 Å². The molecule has 0 bridgehead atoms. The number of ether oxygens (including phenoxy) is 9. The minimum Gasteiger partial charge on any atom is -0.469 e. The van der Waals surface area contributed by atoms with Crippen molar-refractivity contribution in [1.29, 1.82) is 0 Å². The topological polar surface area (TPSA) is 503 Å². The van der Waals surface area contributed by atoms with Crippen LogP contribution in [0.3, 0.4) is 0 Å². The Balaban J connectivity index is 0.000000202. The van der Waals surface area contributed by atoms with Crippen molar-refractivity contribution in [2.45, 2.75) is 169 Å². The van der Waals surface area contributed by atoms with Gasteiger partial charge < -0.3 is 73.0 Å². The maximum atomic E-state index is 15.0. The summed E-state index contributed by atoms with van der Waals surface area (Å²) < 4.78 is 170. The normalized spacial score (nSPS) is 15.4. The number of pyridine rings is 3. The summed E-state index contributed by atoms with van der Waals surface area (Å²) in [5, 5.41) is 53.6. The number of methoxy groups -OCH3 is 2. The third kappa shape index (κ3) is 34.7. The number of esters is 2. The van der Waals surface area contributed by atoms with E-state index in [4.69, 9.17) is 59.2 Å². The molecule has 10 heterocycles. The standard InChI is InChI=1S/C22H23F2N7O4.C20H18F2N6O4.C15H17BrF2N2O4.C14H10BrF2NO2.C13H18BN5O2.C8H16ClNO3.C3H6O2/c1-22(2,3)35-20(32)26-10-13-11-31(21(33)34-13)16-8-6-14(17(23)18(16)24)12-5-7-15(25-9-12)19-27-29-30(4)28-19;1-27-25-19(24-26-27)14-6-3-11(9-23-14)13-5-7-15(18(22)17(13)21)28-10-12(32-20(28)30)4-8-16(29)31-2;1-15(2,3)24-13(21)19-6-8-7-20(14(22)23-8)10-5-4-9(16)11(17)12(10)18;15-10-6-7-11(13(17)12(10)16)18-14(19)20-8-9-4-2-1-3-5-9;1-12(2)13(3,4)21-14(20-12)9-6-7-10(15-8-9)11-16-18-19(5)17-11;1-8(2,3)13-7(12)10-5-6(11)4-9;1-3(4)5-2/h5-9,13H,10-11H2,1-4H3,(H,26,32);3,5-7,9,12H,4,8,10H2,1-2H3;4-5,8H,6-7H2,1-3H3,(H,19,21);1-7H,8H2,(H,18,19);6-8H,1-5H3;6,11H,4-5H2,1-3H3,(H,10,12);1-2H3/t13-;12-;8-;;;6-;/m000..1./s1. The lowest BCUT2D eigenvalue weighted by atomic mass is 9.80. The summed E-state index contributed by atoms with van der Waals surface area (Å²) >= 11 is 11.0. The number of amides is 7. The van der Waals surface area contributed by atoms with Crippen molar-refractivity contribution in [2.75, 3.05) is 79.4 Å². The zero-order chi connectivity index (χ0) is 111. The molecule has 0 spiro atoms. The largest absolute Gasteiger partial charge is 0.496 e. The molecule has 0 unspecified atom stereocenters. The number of aliphatic hydroxyl groups is 1.